The van der Waals surface area contributed by atoms with Crippen molar-refractivity contribution in [1.29, 1.82) is 0 Å². The molecule has 9 aromatic rings. The first kappa shape index (κ1) is 24.0. The maximum Gasteiger partial charge on any atom is 0.0619 e. The van der Waals surface area contributed by atoms with Crippen LogP contribution in [-0.2, 0) is 0 Å². The fraction of sp³-hybridized carbons (Fsp3) is 0. The smallest absolute Gasteiger partial charge is 0.0619 e. The lowest BCUT2D eigenvalue weighted by molar-refractivity contribution is 1.19. The molecule has 0 aliphatic carbocycles. The average Bonchev–Trinajstić information content (AvgIpc) is 3.42. The van der Waals surface area contributed by atoms with Crippen molar-refractivity contribution in [2.24, 2.45) is 0 Å². The second-order valence-electron chi connectivity index (χ2n) is 11.3. The Kier molecular flexibility index (Phi) is 5.27. The molecule has 0 bridgehead atoms. The number of nitrogens with zero attached hydrogens (tertiary/aromatic N) is 1. The topological polar surface area (TPSA) is 4.93 Å². The highest BCUT2D eigenvalue weighted by molar-refractivity contribution is 6.22. The van der Waals surface area contributed by atoms with Crippen molar-refractivity contribution in [3.05, 3.63) is 164 Å². The van der Waals surface area contributed by atoms with Crippen LogP contribution in [0, 0.1) is 0 Å². The maximum absolute atomic E-state index is 2.44. The number of benzene rings is 8. The lowest BCUT2D eigenvalue weighted by Crippen LogP contribution is -1.95. The van der Waals surface area contributed by atoms with E-state index < -0.39 is 0 Å². The van der Waals surface area contributed by atoms with Crippen LogP contribution < -0.4 is 0 Å². The van der Waals surface area contributed by atoms with Gasteiger partial charge in [0.1, 0.15) is 0 Å². The van der Waals surface area contributed by atoms with Crippen molar-refractivity contribution in [3.63, 3.8) is 0 Å². The standard InChI is InChI=1S/C42H27N/c1-2-13-29(14-3-1)40-34-17-6-8-19-36(34)41(37-20-9-7-18-35(37)40)30-22-25-31(26-23-30)43-39-21-11-10-16-33(39)38-27-24-28-12-4-5-15-32(28)42(38)43/h1-27H. The highest BCUT2D eigenvalue weighted by Gasteiger charge is 2.18. The average molecular weight is 546 g/mol. The van der Waals surface area contributed by atoms with Gasteiger partial charge in [-0.2, -0.15) is 0 Å². The molecule has 0 spiro atoms. The Bertz CT molecular complexity index is 2420. The molecule has 1 heterocycles. The molecule has 9 rings (SSSR count). The van der Waals surface area contributed by atoms with E-state index in [9.17, 15) is 0 Å². The van der Waals surface area contributed by atoms with Crippen molar-refractivity contribution in [2.45, 2.75) is 0 Å². The molecular formula is C42H27N. The summed E-state index contributed by atoms with van der Waals surface area (Å²) in [5, 5.41) is 10.2. The highest BCUT2D eigenvalue weighted by Crippen LogP contribution is 2.44. The van der Waals surface area contributed by atoms with Gasteiger partial charge in [-0.05, 0) is 67.4 Å². The molecule has 8 aromatic carbocycles. The summed E-state index contributed by atoms with van der Waals surface area (Å²) >= 11 is 0. The summed E-state index contributed by atoms with van der Waals surface area (Å²) in [5.74, 6) is 0. The predicted molar refractivity (Wildman–Crippen MR) is 184 cm³/mol. The van der Waals surface area contributed by atoms with E-state index in [4.69, 9.17) is 0 Å². The summed E-state index contributed by atoms with van der Waals surface area (Å²) in [6.07, 6.45) is 0. The third-order valence-corrected chi connectivity index (χ3v) is 8.97. The molecule has 0 unspecified atom stereocenters. The van der Waals surface area contributed by atoms with Crippen molar-refractivity contribution in [2.75, 3.05) is 0 Å². The van der Waals surface area contributed by atoms with Crippen LogP contribution in [0.4, 0.5) is 0 Å². The van der Waals surface area contributed by atoms with Crippen molar-refractivity contribution < 1.29 is 0 Å². The molecule has 0 radical (unpaired) electrons. The zero-order chi connectivity index (χ0) is 28.3. The summed E-state index contributed by atoms with van der Waals surface area (Å²) in [6, 6.07) is 59.7. The van der Waals surface area contributed by atoms with E-state index in [0.29, 0.717) is 0 Å². The lowest BCUT2D eigenvalue weighted by Gasteiger charge is -2.18. The molecule has 0 N–H and O–H groups in total. The van der Waals surface area contributed by atoms with Gasteiger partial charge in [0.15, 0.2) is 0 Å². The number of hydrogen-bond donors (Lipinski definition) is 0. The third-order valence-electron chi connectivity index (χ3n) is 8.97. The van der Waals surface area contributed by atoms with Crippen LogP contribution in [-0.4, -0.2) is 4.57 Å². The van der Waals surface area contributed by atoms with E-state index in [0.717, 1.165) is 0 Å². The minimum absolute atomic E-state index is 1.17. The number of fused-ring (bicyclic) bond motifs is 7. The van der Waals surface area contributed by atoms with E-state index >= 15 is 0 Å². The molecule has 1 heteroatoms. The van der Waals surface area contributed by atoms with Crippen molar-refractivity contribution >= 4 is 54.1 Å². The number of aromatic nitrogens is 1. The molecule has 43 heavy (non-hydrogen) atoms. The number of hydrogen-bond acceptors (Lipinski definition) is 0. The molecule has 0 saturated heterocycles. The van der Waals surface area contributed by atoms with Gasteiger partial charge < -0.3 is 4.57 Å². The fourth-order valence-corrected chi connectivity index (χ4v) is 7.13. The van der Waals surface area contributed by atoms with Crippen LogP contribution in [0.15, 0.2) is 164 Å². The van der Waals surface area contributed by atoms with Gasteiger partial charge >= 0.3 is 0 Å². The normalized spacial score (nSPS) is 11.7. The minimum atomic E-state index is 1.17. The molecule has 1 aromatic heterocycles. The minimum Gasteiger partial charge on any atom is -0.309 e. The van der Waals surface area contributed by atoms with Crippen LogP contribution in [0.25, 0.3) is 82.1 Å². The van der Waals surface area contributed by atoms with Crippen LogP contribution >= 0.6 is 0 Å². The molecule has 0 saturated carbocycles. The van der Waals surface area contributed by atoms with Gasteiger partial charge in [0, 0.05) is 21.8 Å². The molecule has 1 nitrogen and oxygen atoms in total. The summed E-state index contributed by atoms with van der Waals surface area (Å²) in [7, 11) is 0. The Labute approximate surface area is 249 Å². The Balaban J connectivity index is 1.31. The largest absolute Gasteiger partial charge is 0.309 e. The van der Waals surface area contributed by atoms with E-state index in [1.54, 1.807) is 0 Å². The first-order valence-corrected chi connectivity index (χ1v) is 14.9. The lowest BCUT2D eigenvalue weighted by atomic mass is 9.86. The Morgan fingerprint density at radius 3 is 1.42 bits per heavy atom. The molecular weight excluding hydrogens is 518 g/mol. The predicted octanol–water partition coefficient (Wildman–Crippen LogP) is 11.6. The first-order valence-electron chi connectivity index (χ1n) is 14.9. The summed E-state index contributed by atoms with van der Waals surface area (Å²) < 4.78 is 2.44. The summed E-state index contributed by atoms with van der Waals surface area (Å²) in [5.41, 5.74) is 8.70. The monoisotopic (exact) mass is 545 g/mol. The Morgan fingerprint density at radius 1 is 0.302 bits per heavy atom. The number of para-hydroxylation sites is 1. The van der Waals surface area contributed by atoms with E-state index in [2.05, 4.69) is 168 Å². The van der Waals surface area contributed by atoms with E-state index in [-0.39, 0.29) is 0 Å². The van der Waals surface area contributed by atoms with Crippen LogP contribution in [0.1, 0.15) is 0 Å². The van der Waals surface area contributed by atoms with Gasteiger partial charge in [-0.1, -0.05) is 146 Å². The zero-order valence-corrected chi connectivity index (χ0v) is 23.5. The van der Waals surface area contributed by atoms with Crippen LogP contribution in [0.2, 0.25) is 0 Å². The Hall–Kier alpha value is -5.66. The van der Waals surface area contributed by atoms with Gasteiger partial charge in [0.05, 0.1) is 11.0 Å². The second-order valence-corrected chi connectivity index (χ2v) is 11.3. The van der Waals surface area contributed by atoms with E-state index in [1.807, 2.05) is 0 Å². The maximum atomic E-state index is 2.44. The van der Waals surface area contributed by atoms with Gasteiger partial charge in [0.25, 0.3) is 0 Å². The SMILES string of the molecule is c1ccc(-c2c3ccccc3c(-c3ccc(-n4c5ccccc5c5ccc6ccccc6c54)cc3)c3ccccc23)cc1. The second kappa shape index (κ2) is 9.44. The quantitative estimate of drug-likeness (QED) is 0.195. The van der Waals surface area contributed by atoms with Crippen molar-refractivity contribution in [1.82, 2.24) is 4.57 Å². The van der Waals surface area contributed by atoms with E-state index in [1.165, 1.54) is 82.1 Å². The Morgan fingerprint density at radius 2 is 0.791 bits per heavy atom. The zero-order valence-electron chi connectivity index (χ0n) is 23.5. The van der Waals surface area contributed by atoms with Gasteiger partial charge in [-0.3, -0.25) is 0 Å². The molecule has 0 atom stereocenters. The van der Waals surface area contributed by atoms with Gasteiger partial charge in [0.2, 0.25) is 0 Å². The fourth-order valence-electron chi connectivity index (χ4n) is 7.13. The summed E-state index contributed by atoms with van der Waals surface area (Å²) in [6.45, 7) is 0. The van der Waals surface area contributed by atoms with Crippen molar-refractivity contribution in [3.8, 4) is 27.9 Å². The highest BCUT2D eigenvalue weighted by atomic mass is 15.0. The van der Waals surface area contributed by atoms with Crippen LogP contribution in [0.5, 0.6) is 0 Å². The summed E-state index contributed by atoms with van der Waals surface area (Å²) in [4.78, 5) is 0. The third kappa shape index (κ3) is 3.58. The number of rotatable bonds is 3. The van der Waals surface area contributed by atoms with Crippen LogP contribution in [0.3, 0.4) is 0 Å². The molecule has 200 valence electrons. The van der Waals surface area contributed by atoms with Gasteiger partial charge in [-0.15, -0.1) is 0 Å². The molecule has 0 fully saturated rings. The van der Waals surface area contributed by atoms with Gasteiger partial charge in [-0.25, -0.2) is 0 Å². The first-order chi connectivity index (χ1) is 21.4. The molecule has 0 amide bonds. The molecule has 0 aliphatic rings. The molecule has 0 aliphatic heterocycles.